The van der Waals surface area contributed by atoms with Crippen LogP contribution in [0.5, 0.6) is 0 Å². The summed E-state index contributed by atoms with van der Waals surface area (Å²) < 4.78 is 1.16. The van der Waals surface area contributed by atoms with Crippen molar-refractivity contribution in [2.75, 3.05) is 27.2 Å². The number of rotatable bonds is 7. The van der Waals surface area contributed by atoms with Gasteiger partial charge in [-0.05, 0) is 25.8 Å². The van der Waals surface area contributed by atoms with E-state index in [-0.39, 0.29) is 0 Å². The van der Waals surface area contributed by atoms with E-state index in [1.165, 1.54) is 32.2 Å². The highest BCUT2D eigenvalue weighted by Gasteiger charge is 2.24. The first-order valence-electron chi connectivity index (χ1n) is 5.61. The molecule has 0 aliphatic rings. The van der Waals surface area contributed by atoms with Crippen LogP contribution in [0.4, 0.5) is 0 Å². The van der Waals surface area contributed by atoms with E-state index in [9.17, 15) is 0 Å². The lowest BCUT2D eigenvalue weighted by Crippen LogP contribution is -2.49. The molecule has 0 heterocycles. The average Bonchev–Trinajstić information content (AvgIpc) is 2.05. The molecule has 1 unspecified atom stereocenters. The van der Waals surface area contributed by atoms with E-state index in [1.54, 1.807) is 0 Å². The SMILES string of the molecule is CCC[N+](C)(C)C(CC)CCCN. The van der Waals surface area contributed by atoms with Crippen molar-refractivity contribution < 1.29 is 4.48 Å². The van der Waals surface area contributed by atoms with Crippen molar-refractivity contribution in [2.24, 2.45) is 5.73 Å². The van der Waals surface area contributed by atoms with Crippen LogP contribution in [0.3, 0.4) is 0 Å². The summed E-state index contributed by atoms with van der Waals surface area (Å²) in [6, 6.07) is 0.795. The third-order valence-corrected chi connectivity index (χ3v) is 3.00. The molecule has 0 saturated heterocycles. The van der Waals surface area contributed by atoms with Gasteiger partial charge in [0.25, 0.3) is 0 Å². The average molecular weight is 187 g/mol. The summed E-state index contributed by atoms with van der Waals surface area (Å²) in [6.07, 6.45) is 4.99. The zero-order valence-electron chi connectivity index (χ0n) is 9.84. The quantitative estimate of drug-likeness (QED) is 0.606. The van der Waals surface area contributed by atoms with Crippen molar-refractivity contribution in [3.8, 4) is 0 Å². The Morgan fingerprint density at radius 3 is 2.23 bits per heavy atom. The second kappa shape index (κ2) is 6.39. The zero-order valence-corrected chi connectivity index (χ0v) is 9.84. The van der Waals surface area contributed by atoms with Gasteiger partial charge in [-0.3, -0.25) is 0 Å². The van der Waals surface area contributed by atoms with Crippen LogP contribution >= 0.6 is 0 Å². The summed E-state index contributed by atoms with van der Waals surface area (Å²) in [5, 5.41) is 0. The van der Waals surface area contributed by atoms with E-state index in [0.29, 0.717) is 0 Å². The molecule has 0 fully saturated rings. The minimum atomic E-state index is 0.795. The van der Waals surface area contributed by atoms with Crippen molar-refractivity contribution >= 4 is 0 Å². The second-order valence-corrected chi connectivity index (χ2v) is 4.50. The summed E-state index contributed by atoms with van der Waals surface area (Å²) in [6.45, 7) is 6.66. The van der Waals surface area contributed by atoms with Gasteiger partial charge in [0.05, 0.1) is 26.7 Å². The minimum absolute atomic E-state index is 0.795. The third kappa shape index (κ3) is 4.63. The van der Waals surface area contributed by atoms with Crippen molar-refractivity contribution in [2.45, 2.75) is 45.6 Å². The second-order valence-electron chi connectivity index (χ2n) is 4.50. The predicted octanol–water partition coefficient (Wildman–Crippen LogP) is 1.99. The topological polar surface area (TPSA) is 26.0 Å². The molecule has 2 heteroatoms. The van der Waals surface area contributed by atoms with Gasteiger partial charge in [-0.25, -0.2) is 0 Å². The minimum Gasteiger partial charge on any atom is -0.330 e. The fourth-order valence-corrected chi connectivity index (χ4v) is 2.16. The Bertz CT molecular complexity index is 121. The van der Waals surface area contributed by atoms with E-state index >= 15 is 0 Å². The number of quaternary nitrogens is 1. The Morgan fingerprint density at radius 2 is 1.85 bits per heavy atom. The first-order chi connectivity index (χ1) is 6.08. The van der Waals surface area contributed by atoms with Gasteiger partial charge in [0, 0.05) is 6.42 Å². The normalized spacial score (nSPS) is 14.5. The lowest BCUT2D eigenvalue weighted by atomic mass is 10.1. The molecule has 0 radical (unpaired) electrons. The molecule has 0 aliphatic heterocycles. The molecule has 80 valence electrons. The molecule has 0 spiro atoms. The summed E-state index contributed by atoms with van der Waals surface area (Å²) in [7, 11) is 4.68. The van der Waals surface area contributed by atoms with Gasteiger partial charge >= 0.3 is 0 Å². The molecule has 0 rings (SSSR count). The van der Waals surface area contributed by atoms with Gasteiger partial charge in [-0.15, -0.1) is 0 Å². The number of nitrogens with two attached hydrogens (primary N) is 1. The third-order valence-electron chi connectivity index (χ3n) is 3.00. The van der Waals surface area contributed by atoms with E-state index in [2.05, 4.69) is 27.9 Å². The summed E-state index contributed by atoms with van der Waals surface area (Å²) in [5.74, 6) is 0. The Balaban J connectivity index is 4.02. The Hall–Kier alpha value is -0.0800. The lowest BCUT2D eigenvalue weighted by molar-refractivity contribution is -0.915. The van der Waals surface area contributed by atoms with E-state index < -0.39 is 0 Å². The molecule has 0 amide bonds. The highest BCUT2D eigenvalue weighted by Crippen LogP contribution is 2.16. The van der Waals surface area contributed by atoms with Gasteiger partial charge in [-0.2, -0.15) is 0 Å². The van der Waals surface area contributed by atoms with Crippen LogP contribution in [-0.2, 0) is 0 Å². The maximum absolute atomic E-state index is 5.54. The molecule has 0 aromatic heterocycles. The van der Waals surface area contributed by atoms with Gasteiger partial charge in [0.1, 0.15) is 0 Å². The Kier molecular flexibility index (Phi) is 6.35. The van der Waals surface area contributed by atoms with Gasteiger partial charge in [-0.1, -0.05) is 13.8 Å². The van der Waals surface area contributed by atoms with Gasteiger partial charge < -0.3 is 10.2 Å². The van der Waals surface area contributed by atoms with Crippen molar-refractivity contribution in [3.05, 3.63) is 0 Å². The fraction of sp³-hybridized carbons (Fsp3) is 1.00. The summed E-state index contributed by atoms with van der Waals surface area (Å²) >= 11 is 0. The van der Waals surface area contributed by atoms with Crippen LogP contribution in [0.1, 0.15) is 39.5 Å². The number of nitrogens with zero attached hydrogens (tertiary/aromatic N) is 1. The van der Waals surface area contributed by atoms with Crippen LogP contribution < -0.4 is 5.73 Å². The van der Waals surface area contributed by atoms with Crippen LogP contribution in [0.2, 0.25) is 0 Å². The maximum Gasteiger partial charge on any atom is 0.0884 e. The molecular formula is C11H27N2+. The largest absolute Gasteiger partial charge is 0.330 e. The molecular weight excluding hydrogens is 160 g/mol. The molecule has 2 N–H and O–H groups in total. The predicted molar refractivity (Wildman–Crippen MR) is 59.6 cm³/mol. The van der Waals surface area contributed by atoms with Crippen LogP contribution in [0, 0.1) is 0 Å². The van der Waals surface area contributed by atoms with Crippen LogP contribution in [0.25, 0.3) is 0 Å². The highest BCUT2D eigenvalue weighted by molar-refractivity contribution is 4.57. The molecule has 1 atom stereocenters. The van der Waals surface area contributed by atoms with Gasteiger partial charge in [0.15, 0.2) is 0 Å². The zero-order chi connectivity index (χ0) is 10.3. The molecule has 13 heavy (non-hydrogen) atoms. The van der Waals surface area contributed by atoms with Crippen molar-refractivity contribution in [3.63, 3.8) is 0 Å². The Labute approximate surface area is 83.7 Å². The number of hydrogen-bond donors (Lipinski definition) is 1. The summed E-state index contributed by atoms with van der Waals surface area (Å²) in [4.78, 5) is 0. The van der Waals surface area contributed by atoms with Crippen molar-refractivity contribution in [1.82, 2.24) is 0 Å². The lowest BCUT2D eigenvalue weighted by Gasteiger charge is -2.37. The van der Waals surface area contributed by atoms with Crippen LogP contribution in [0.15, 0.2) is 0 Å². The monoisotopic (exact) mass is 187 g/mol. The molecule has 0 aromatic carbocycles. The first kappa shape index (κ1) is 12.9. The van der Waals surface area contributed by atoms with Crippen LogP contribution in [-0.4, -0.2) is 37.7 Å². The first-order valence-corrected chi connectivity index (χ1v) is 5.61. The molecule has 2 nitrogen and oxygen atoms in total. The molecule has 0 aromatic rings. The summed E-state index contributed by atoms with van der Waals surface area (Å²) in [5.41, 5.74) is 5.54. The number of hydrogen-bond acceptors (Lipinski definition) is 1. The highest BCUT2D eigenvalue weighted by atomic mass is 15.3. The maximum atomic E-state index is 5.54. The molecule has 0 saturated carbocycles. The van der Waals surface area contributed by atoms with Gasteiger partial charge in [0.2, 0.25) is 0 Å². The molecule has 0 bridgehead atoms. The fourth-order valence-electron chi connectivity index (χ4n) is 2.16. The van der Waals surface area contributed by atoms with E-state index in [4.69, 9.17) is 5.73 Å². The molecule has 0 aliphatic carbocycles. The standard InChI is InChI=1S/C11H27N2/c1-5-10-13(3,4)11(6-2)8-7-9-12/h11H,5-10,12H2,1-4H3/q+1. The van der Waals surface area contributed by atoms with Crippen molar-refractivity contribution in [1.29, 1.82) is 0 Å². The smallest absolute Gasteiger partial charge is 0.0884 e. The van der Waals surface area contributed by atoms with E-state index in [0.717, 1.165) is 17.1 Å². The Morgan fingerprint density at radius 1 is 1.23 bits per heavy atom. The van der Waals surface area contributed by atoms with E-state index in [1.807, 2.05) is 0 Å².